The summed E-state index contributed by atoms with van der Waals surface area (Å²) >= 11 is 0. The number of nitriles is 1. The van der Waals surface area contributed by atoms with Gasteiger partial charge in [-0.2, -0.15) is 5.26 Å². The van der Waals surface area contributed by atoms with Crippen molar-refractivity contribution >= 4 is 0 Å². The lowest BCUT2D eigenvalue weighted by molar-refractivity contribution is 0.414. The van der Waals surface area contributed by atoms with E-state index in [1.165, 1.54) is 0 Å². The third kappa shape index (κ3) is 2.20. The van der Waals surface area contributed by atoms with E-state index >= 15 is 0 Å². The van der Waals surface area contributed by atoms with Crippen molar-refractivity contribution in [3.8, 4) is 11.8 Å². The third-order valence-corrected chi connectivity index (χ3v) is 2.28. The molecule has 0 unspecified atom stereocenters. The number of nitrogens with one attached hydrogen (secondary N) is 1. The molecular formula is C12H11N3O. The van der Waals surface area contributed by atoms with Gasteiger partial charge in [0, 0.05) is 6.42 Å². The fourth-order valence-corrected chi connectivity index (χ4v) is 1.45. The molecule has 0 aliphatic rings. The van der Waals surface area contributed by atoms with Crippen molar-refractivity contribution in [1.29, 1.82) is 5.26 Å². The third-order valence-electron chi connectivity index (χ3n) is 2.28. The first kappa shape index (κ1) is 10.2. The molecule has 0 fully saturated rings. The highest BCUT2D eigenvalue weighted by atomic mass is 16.5. The molecule has 2 aromatic rings. The van der Waals surface area contributed by atoms with E-state index in [9.17, 15) is 0 Å². The average Bonchev–Trinajstić information content (AvgIpc) is 2.78. The first-order valence-corrected chi connectivity index (χ1v) is 4.88. The van der Waals surface area contributed by atoms with Crippen molar-refractivity contribution in [3.05, 3.63) is 47.5 Å². The zero-order valence-electron chi connectivity index (χ0n) is 8.90. The minimum Gasteiger partial charge on any atom is -0.497 e. The van der Waals surface area contributed by atoms with Gasteiger partial charge >= 0.3 is 0 Å². The zero-order chi connectivity index (χ0) is 11.4. The van der Waals surface area contributed by atoms with Gasteiger partial charge in [-0.25, -0.2) is 4.98 Å². The lowest BCUT2D eigenvalue weighted by Crippen LogP contribution is -1.91. The molecule has 1 aromatic carbocycles. The Labute approximate surface area is 93.5 Å². The summed E-state index contributed by atoms with van der Waals surface area (Å²) in [5.74, 6) is 1.63. The number of hydrogen-bond donors (Lipinski definition) is 1. The van der Waals surface area contributed by atoms with Crippen molar-refractivity contribution in [2.24, 2.45) is 0 Å². The summed E-state index contributed by atoms with van der Waals surface area (Å²) in [7, 11) is 1.64. The summed E-state index contributed by atoms with van der Waals surface area (Å²) in [6, 6.07) is 9.78. The quantitative estimate of drug-likeness (QED) is 0.846. The SMILES string of the molecule is COc1ccc(Cc2ncc(C#N)[nH]2)cc1. The molecule has 4 nitrogen and oxygen atoms in total. The molecule has 2 rings (SSSR count). The Hall–Kier alpha value is -2.28. The number of aromatic amines is 1. The van der Waals surface area contributed by atoms with Gasteiger partial charge in [-0.05, 0) is 17.7 Å². The maximum Gasteiger partial charge on any atom is 0.137 e. The number of H-pyrrole nitrogens is 1. The van der Waals surface area contributed by atoms with Gasteiger partial charge in [0.1, 0.15) is 23.3 Å². The number of aromatic nitrogens is 2. The van der Waals surface area contributed by atoms with Gasteiger partial charge in [-0.15, -0.1) is 0 Å². The first-order valence-electron chi connectivity index (χ1n) is 4.88. The number of nitrogens with zero attached hydrogens (tertiary/aromatic N) is 2. The second kappa shape index (κ2) is 4.49. The van der Waals surface area contributed by atoms with Crippen LogP contribution in [0.2, 0.25) is 0 Å². The minimum absolute atomic E-state index is 0.489. The summed E-state index contributed by atoms with van der Waals surface area (Å²) in [6.07, 6.45) is 2.23. The Morgan fingerprint density at radius 1 is 1.38 bits per heavy atom. The van der Waals surface area contributed by atoms with Crippen LogP contribution >= 0.6 is 0 Å². The highest BCUT2D eigenvalue weighted by Crippen LogP contribution is 2.13. The van der Waals surface area contributed by atoms with E-state index in [4.69, 9.17) is 10.00 Å². The van der Waals surface area contributed by atoms with Gasteiger partial charge in [0.25, 0.3) is 0 Å². The molecule has 80 valence electrons. The van der Waals surface area contributed by atoms with Crippen LogP contribution in [0.3, 0.4) is 0 Å². The molecular weight excluding hydrogens is 202 g/mol. The monoisotopic (exact) mass is 213 g/mol. The number of methoxy groups -OCH3 is 1. The maximum absolute atomic E-state index is 8.65. The minimum atomic E-state index is 0.489. The fourth-order valence-electron chi connectivity index (χ4n) is 1.45. The van der Waals surface area contributed by atoms with E-state index in [2.05, 4.69) is 9.97 Å². The van der Waals surface area contributed by atoms with Crippen LogP contribution in [0, 0.1) is 11.3 Å². The smallest absolute Gasteiger partial charge is 0.137 e. The predicted molar refractivity (Wildman–Crippen MR) is 59.1 cm³/mol. The number of rotatable bonds is 3. The number of imidazole rings is 1. The van der Waals surface area contributed by atoms with Crippen LogP contribution in [-0.2, 0) is 6.42 Å². The molecule has 0 bridgehead atoms. The fraction of sp³-hybridized carbons (Fsp3) is 0.167. The Morgan fingerprint density at radius 3 is 2.69 bits per heavy atom. The molecule has 16 heavy (non-hydrogen) atoms. The Bertz CT molecular complexity index is 508. The highest BCUT2D eigenvalue weighted by Gasteiger charge is 2.01. The summed E-state index contributed by atoms with van der Waals surface area (Å²) in [5, 5.41) is 8.65. The molecule has 0 saturated carbocycles. The van der Waals surface area contributed by atoms with Crippen molar-refractivity contribution in [1.82, 2.24) is 9.97 Å². The molecule has 4 heteroatoms. The number of benzene rings is 1. The molecule has 0 atom stereocenters. The molecule has 0 aliphatic carbocycles. The molecule has 0 radical (unpaired) electrons. The molecule has 0 amide bonds. The lowest BCUT2D eigenvalue weighted by atomic mass is 10.1. The Morgan fingerprint density at radius 2 is 2.12 bits per heavy atom. The van der Waals surface area contributed by atoms with Crippen LogP contribution in [0.1, 0.15) is 17.1 Å². The zero-order valence-corrected chi connectivity index (χ0v) is 8.90. The van der Waals surface area contributed by atoms with E-state index < -0.39 is 0 Å². The molecule has 0 saturated heterocycles. The Balaban J connectivity index is 2.11. The van der Waals surface area contributed by atoms with Crippen molar-refractivity contribution in [2.75, 3.05) is 7.11 Å². The second-order valence-corrected chi connectivity index (χ2v) is 3.38. The van der Waals surface area contributed by atoms with Crippen molar-refractivity contribution < 1.29 is 4.74 Å². The Kier molecular flexibility index (Phi) is 2.88. The molecule has 1 aromatic heterocycles. The molecule has 0 spiro atoms. The van der Waals surface area contributed by atoms with Crippen LogP contribution in [0.15, 0.2) is 30.5 Å². The van der Waals surface area contributed by atoms with Crippen LogP contribution in [0.4, 0.5) is 0 Å². The van der Waals surface area contributed by atoms with Gasteiger partial charge in [0.15, 0.2) is 0 Å². The van der Waals surface area contributed by atoms with E-state index in [0.29, 0.717) is 12.1 Å². The van der Waals surface area contributed by atoms with Crippen LogP contribution in [0.25, 0.3) is 0 Å². The molecule has 1 heterocycles. The summed E-state index contributed by atoms with van der Waals surface area (Å²) < 4.78 is 5.07. The standard InChI is InChI=1S/C12H11N3O/c1-16-11-4-2-9(3-5-11)6-12-14-8-10(7-13)15-12/h2-5,8H,6H2,1H3,(H,14,15). The van der Waals surface area contributed by atoms with E-state index in [1.54, 1.807) is 13.3 Å². The topological polar surface area (TPSA) is 61.7 Å². The van der Waals surface area contributed by atoms with Crippen molar-refractivity contribution in [2.45, 2.75) is 6.42 Å². The normalized spacial score (nSPS) is 9.75. The van der Waals surface area contributed by atoms with E-state index in [0.717, 1.165) is 17.1 Å². The van der Waals surface area contributed by atoms with E-state index in [-0.39, 0.29) is 0 Å². The van der Waals surface area contributed by atoms with Crippen LogP contribution in [-0.4, -0.2) is 17.1 Å². The van der Waals surface area contributed by atoms with Crippen LogP contribution in [0.5, 0.6) is 5.75 Å². The van der Waals surface area contributed by atoms with Crippen molar-refractivity contribution in [3.63, 3.8) is 0 Å². The maximum atomic E-state index is 8.65. The number of hydrogen-bond acceptors (Lipinski definition) is 3. The average molecular weight is 213 g/mol. The molecule has 0 aliphatic heterocycles. The highest BCUT2D eigenvalue weighted by molar-refractivity contribution is 5.29. The number of ether oxygens (including phenoxy) is 1. The summed E-state index contributed by atoms with van der Waals surface area (Å²) in [5.41, 5.74) is 1.61. The van der Waals surface area contributed by atoms with E-state index in [1.807, 2.05) is 30.3 Å². The largest absolute Gasteiger partial charge is 0.497 e. The van der Waals surface area contributed by atoms with Gasteiger partial charge in [0.05, 0.1) is 13.3 Å². The second-order valence-electron chi connectivity index (χ2n) is 3.38. The summed E-state index contributed by atoms with van der Waals surface area (Å²) in [6.45, 7) is 0. The summed E-state index contributed by atoms with van der Waals surface area (Å²) in [4.78, 5) is 7.05. The lowest BCUT2D eigenvalue weighted by Gasteiger charge is -2.01. The van der Waals surface area contributed by atoms with Gasteiger partial charge < -0.3 is 9.72 Å². The van der Waals surface area contributed by atoms with Gasteiger partial charge in [-0.3, -0.25) is 0 Å². The first-order chi connectivity index (χ1) is 7.81. The van der Waals surface area contributed by atoms with Gasteiger partial charge in [0.2, 0.25) is 0 Å². The van der Waals surface area contributed by atoms with Gasteiger partial charge in [-0.1, -0.05) is 12.1 Å². The predicted octanol–water partition coefficient (Wildman–Crippen LogP) is 1.88. The van der Waals surface area contributed by atoms with Crippen LogP contribution < -0.4 is 4.74 Å². The molecule has 1 N–H and O–H groups in total.